The number of urea groups is 1. The van der Waals surface area contributed by atoms with Crippen LogP contribution >= 0.6 is 0 Å². The van der Waals surface area contributed by atoms with Crippen LogP contribution in [-0.2, 0) is 9.59 Å². The van der Waals surface area contributed by atoms with E-state index in [4.69, 9.17) is 10.8 Å². The van der Waals surface area contributed by atoms with Crippen molar-refractivity contribution in [3.05, 3.63) is 0 Å². The van der Waals surface area contributed by atoms with E-state index in [1.165, 1.54) is 6.92 Å². The summed E-state index contributed by atoms with van der Waals surface area (Å²) in [7, 11) is 0. The highest BCUT2D eigenvalue weighted by Crippen LogP contribution is 2.16. The van der Waals surface area contributed by atoms with Crippen molar-refractivity contribution in [2.75, 3.05) is 13.1 Å². The highest BCUT2D eigenvalue weighted by Gasteiger charge is 2.33. The number of halogens is 3. The molecule has 0 radical (unpaired) electrons. The number of hydrogen-bond acceptors (Lipinski definition) is 3. The molecule has 0 unspecified atom stereocenters. The first-order valence-electron chi connectivity index (χ1n) is 5.20. The number of hydrogen-bond donors (Lipinski definition) is 3. The Hall–Kier alpha value is -2.00. The van der Waals surface area contributed by atoms with Gasteiger partial charge in [0.15, 0.2) is 0 Å². The molecule has 0 bridgehead atoms. The lowest BCUT2D eigenvalue weighted by Gasteiger charge is -2.24. The number of nitrogens with two attached hydrogens (primary N) is 1. The van der Waals surface area contributed by atoms with E-state index in [2.05, 4.69) is 0 Å². The van der Waals surface area contributed by atoms with E-state index in [0.717, 1.165) is 0 Å². The van der Waals surface area contributed by atoms with Gasteiger partial charge in [-0.15, -0.1) is 0 Å². The number of nitrogens with zero attached hydrogens (tertiary/aromatic N) is 1. The molecule has 3 amide bonds. The second kappa shape index (κ2) is 6.81. The molecule has 4 N–H and O–H groups in total. The van der Waals surface area contributed by atoms with E-state index in [0.29, 0.717) is 4.90 Å². The fourth-order valence-electron chi connectivity index (χ4n) is 1.19. The summed E-state index contributed by atoms with van der Waals surface area (Å²) < 4.78 is 36.4. The number of carboxylic acid groups (broad SMARTS) is 1. The number of carbonyl (C=O) groups is 3. The summed E-state index contributed by atoms with van der Waals surface area (Å²) in [6.07, 6.45) is -5.31. The van der Waals surface area contributed by atoms with Gasteiger partial charge in [-0.1, -0.05) is 0 Å². The van der Waals surface area contributed by atoms with Gasteiger partial charge in [-0.2, -0.15) is 13.2 Å². The molecule has 7 nitrogen and oxygen atoms in total. The Labute approximate surface area is 106 Å². The van der Waals surface area contributed by atoms with E-state index in [1.807, 2.05) is 5.32 Å². The van der Waals surface area contributed by atoms with Gasteiger partial charge in [-0.25, -0.2) is 9.59 Å². The smallest absolute Gasteiger partial charge is 0.406 e. The molecule has 0 saturated heterocycles. The zero-order chi connectivity index (χ0) is 15.2. The summed E-state index contributed by atoms with van der Waals surface area (Å²) in [4.78, 5) is 33.1. The largest absolute Gasteiger partial charge is 0.480 e. The lowest BCUT2D eigenvalue weighted by atomic mass is 10.2. The summed E-state index contributed by atoms with van der Waals surface area (Å²) in [6, 6.07) is -2.89. The van der Waals surface area contributed by atoms with E-state index in [9.17, 15) is 27.6 Å². The molecule has 0 aromatic rings. The second-order valence-electron chi connectivity index (χ2n) is 3.64. The summed E-state index contributed by atoms with van der Waals surface area (Å²) in [6.45, 7) is -0.484. The maximum absolute atomic E-state index is 12.1. The minimum atomic E-state index is -4.60. The van der Waals surface area contributed by atoms with Crippen LogP contribution in [0.3, 0.4) is 0 Å². The van der Waals surface area contributed by atoms with Crippen LogP contribution in [0.25, 0.3) is 0 Å². The molecular formula is C9H14F3N3O4. The normalized spacial score (nSPS) is 12.6. The van der Waals surface area contributed by atoms with Gasteiger partial charge in [0.2, 0.25) is 5.91 Å². The molecule has 0 aromatic heterocycles. The van der Waals surface area contributed by atoms with Gasteiger partial charge in [-0.3, -0.25) is 4.79 Å². The first-order valence-corrected chi connectivity index (χ1v) is 5.20. The Kier molecular flexibility index (Phi) is 6.09. The molecule has 0 aliphatic heterocycles. The maximum Gasteiger partial charge on any atom is 0.406 e. The van der Waals surface area contributed by atoms with Crippen molar-refractivity contribution >= 4 is 17.9 Å². The van der Waals surface area contributed by atoms with Gasteiger partial charge < -0.3 is 21.1 Å². The number of carbonyl (C=O) groups excluding carboxylic acids is 2. The highest BCUT2D eigenvalue weighted by molar-refractivity contribution is 5.87. The number of aliphatic carboxylic acids is 1. The molecule has 0 heterocycles. The average molecular weight is 285 g/mol. The summed E-state index contributed by atoms with van der Waals surface area (Å²) in [5.74, 6) is -2.55. The van der Waals surface area contributed by atoms with Crippen LogP contribution in [0.15, 0.2) is 0 Å². The number of rotatable bonds is 6. The summed E-state index contributed by atoms with van der Waals surface area (Å²) in [5.41, 5.74) is 4.77. The van der Waals surface area contributed by atoms with Crippen LogP contribution in [-0.4, -0.2) is 53.2 Å². The molecule has 0 fully saturated rings. The topological polar surface area (TPSA) is 113 Å². The van der Waals surface area contributed by atoms with E-state index in [-0.39, 0.29) is 6.54 Å². The lowest BCUT2D eigenvalue weighted by Crippen LogP contribution is -2.51. The molecule has 10 heteroatoms. The number of nitrogens with one attached hydrogen (secondary N) is 1. The standard InChI is InChI=1S/C9H14F3N3O4/c1-2-15(4-9(10,11)12)8(19)14-5(7(17)18)3-6(13)16/h5H,2-4H2,1H3,(H2,13,16)(H,14,19)(H,17,18)/t5-/m0/s1. The van der Waals surface area contributed by atoms with Gasteiger partial charge >= 0.3 is 18.2 Å². The minimum Gasteiger partial charge on any atom is -0.480 e. The number of primary amides is 1. The van der Waals surface area contributed by atoms with Crippen LogP contribution in [0.5, 0.6) is 0 Å². The number of alkyl halides is 3. The van der Waals surface area contributed by atoms with Gasteiger partial charge in [0.1, 0.15) is 12.6 Å². The fourth-order valence-corrected chi connectivity index (χ4v) is 1.19. The molecule has 1 atom stereocenters. The molecule has 0 spiro atoms. The van der Waals surface area contributed by atoms with Crippen LogP contribution in [0, 0.1) is 0 Å². The summed E-state index contributed by atoms with van der Waals surface area (Å²) in [5, 5.41) is 10.5. The molecule has 19 heavy (non-hydrogen) atoms. The lowest BCUT2D eigenvalue weighted by molar-refractivity contribution is -0.142. The molecular weight excluding hydrogens is 271 g/mol. The van der Waals surface area contributed by atoms with Crippen LogP contribution in [0.4, 0.5) is 18.0 Å². The van der Waals surface area contributed by atoms with Crippen LogP contribution in [0.2, 0.25) is 0 Å². The maximum atomic E-state index is 12.1. The van der Waals surface area contributed by atoms with E-state index < -0.39 is 43.1 Å². The van der Waals surface area contributed by atoms with Crippen LogP contribution < -0.4 is 11.1 Å². The molecule has 0 rings (SSSR count). The molecule has 0 aliphatic carbocycles. The highest BCUT2D eigenvalue weighted by atomic mass is 19.4. The Morgan fingerprint density at radius 3 is 2.21 bits per heavy atom. The van der Waals surface area contributed by atoms with Crippen LogP contribution in [0.1, 0.15) is 13.3 Å². The SMILES string of the molecule is CCN(CC(F)(F)F)C(=O)N[C@@H](CC(N)=O)C(=O)O. The first kappa shape index (κ1) is 17.0. The van der Waals surface area contributed by atoms with E-state index in [1.54, 1.807) is 0 Å². The van der Waals surface area contributed by atoms with E-state index >= 15 is 0 Å². The third kappa shape index (κ3) is 7.11. The molecule has 110 valence electrons. The minimum absolute atomic E-state index is 0.270. The van der Waals surface area contributed by atoms with Gasteiger partial charge in [0.25, 0.3) is 0 Å². The average Bonchev–Trinajstić information content (AvgIpc) is 2.22. The quantitative estimate of drug-likeness (QED) is 0.633. The summed E-state index contributed by atoms with van der Waals surface area (Å²) >= 11 is 0. The number of carboxylic acids is 1. The Morgan fingerprint density at radius 1 is 1.37 bits per heavy atom. The van der Waals surface area contributed by atoms with Gasteiger partial charge in [0, 0.05) is 6.54 Å². The zero-order valence-electron chi connectivity index (χ0n) is 10.0. The first-order chi connectivity index (χ1) is 8.56. The van der Waals surface area contributed by atoms with Gasteiger partial charge in [0.05, 0.1) is 6.42 Å². The number of amides is 3. The predicted octanol–water partition coefficient (Wildman–Crippen LogP) is -0.0912. The predicted molar refractivity (Wildman–Crippen MR) is 57.1 cm³/mol. The Bertz CT molecular complexity index is 359. The van der Waals surface area contributed by atoms with Crippen molar-refractivity contribution in [1.82, 2.24) is 10.2 Å². The fraction of sp³-hybridized carbons (Fsp3) is 0.667. The van der Waals surface area contributed by atoms with Crippen molar-refractivity contribution < 1.29 is 32.7 Å². The molecule has 0 aromatic carbocycles. The Morgan fingerprint density at radius 2 is 1.89 bits per heavy atom. The van der Waals surface area contributed by atoms with Gasteiger partial charge in [-0.05, 0) is 6.92 Å². The molecule has 0 aliphatic rings. The monoisotopic (exact) mass is 285 g/mol. The third-order valence-electron chi connectivity index (χ3n) is 2.04. The molecule has 0 saturated carbocycles. The van der Waals surface area contributed by atoms with Crippen molar-refractivity contribution in [3.8, 4) is 0 Å². The van der Waals surface area contributed by atoms with Crippen molar-refractivity contribution in [1.29, 1.82) is 0 Å². The third-order valence-corrected chi connectivity index (χ3v) is 2.04. The Balaban J connectivity index is 4.68. The van der Waals surface area contributed by atoms with Crippen molar-refractivity contribution in [3.63, 3.8) is 0 Å². The van der Waals surface area contributed by atoms with Crippen molar-refractivity contribution in [2.45, 2.75) is 25.6 Å². The van der Waals surface area contributed by atoms with Crippen molar-refractivity contribution in [2.24, 2.45) is 5.73 Å². The second-order valence-corrected chi connectivity index (χ2v) is 3.64. The zero-order valence-corrected chi connectivity index (χ0v) is 10.0.